The van der Waals surface area contributed by atoms with E-state index in [4.69, 9.17) is 0 Å². The first-order valence-electron chi connectivity index (χ1n) is 6.85. The molecule has 3 nitrogen and oxygen atoms in total. The van der Waals surface area contributed by atoms with Gasteiger partial charge in [-0.15, -0.1) is 0 Å². The lowest BCUT2D eigenvalue weighted by Gasteiger charge is -2.12. The summed E-state index contributed by atoms with van der Waals surface area (Å²) in [7, 11) is 0. The summed E-state index contributed by atoms with van der Waals surface area (Å²) >= 11 is 0. The molecule has 0 spiro atoms. The zero-order valence-corrected chi connectivity index (χ0v) is 11.7. The van der Waals surface area contributed by atoms with Crippen LogP contribution in [-0.4, -0.2) is 12.5 Å². The molecule has 2 aromatic rings. The van der Waals surface area contributed by atoms with Crippen LogP contribution >= 0.6 is 0 Å². The van der Waals surface area contributed by atoms with E-state index in [1.807, 2.05) is 50.2 Å². The molecule has 20 heavy (non-hydrogen) atoms. The molecule has 0 aromatic heterocycles. The van der Waals surface area contributed by atoms with Crippen LogP contribution in [0.5, 0.6) is 0 Å². The first kappa shape index (κ1) is 12.7. The number of hydrogen-bond donors (Lipinski definition) is 2. The molecule has 3 heteroatoms. The zero-order valence-electron chi connectivity index (χ0n) is 11.7. The third-order valence-electron chi connectivity index (χ3n) is 3.64. The Labute approximate surface area is 119 Å². The van der Waals surface area contributed by atoms with E-state index in [2.05, 4.69) is 16.7 Å². The van der Waals surface area contributed by atoms with E-state index in [1.165, 1.54) is 0 Å². The molecule has 2 aromatic carbocycles. The molecule has 102 valence electrons. The number of benzene rings is 2. The molecule has 0 saturated heterocycles. The lowest BCUT2D eigenvalue weighted by atomic mass is 10.0. The van der Waals surface area contributed by atoms with Crippen LogP contribution < -0.4 is 10.6 Å². The minimum Gasteiger partial charge on any atom is -0.384 e. The van der Waals surface area contributed by atoms with E-state index in [9.17, 15) is 4.79 Å². The van der Waals surface area contributed by atoms with E-state index in [0.29, 0.717) is 6.54 Å². The molecule has 0 aliphatic carbocycles. The standard InChI is InChI=1S/C17H18N2O/c1-11-7-12(2)9-13(8-11)19-17(20)15-10-18-16-6-4-3-5-14(15)16/h3-9,15,18H,10H2,1-2H3,(H,19,20). The molecule has 0 fully saturated rings. The Kier molecular flexibility index (Phi) is 3.18. The number of aryl methyl sites for hydroxylation is 2. The highest BCUT2D eigenvalue weighted by atomic mass is 16.1. The van der Waals surface area contributed by atoms with Crippen LogP contribution in [0.2, 0.25) is 0 Å². The van der Waals surface area contributed by atoms with Crippen LogP contribution in [0.15, 0.2) is 42.5 Å². The summed E-state index contributed by atoms with van der Waals surface area (Å²) in [6.45, 7) is 4.74. The molecule has 0 saturated carbocycles. The normalized spacial score (nSPS) is 16.4. The Morgan fingerprint density at radius 3 is 2.60 bits per heavy atom. The van der Waals surface area contributed by atoms with Crippen molar-refractivity contribution in [2.45, 2.75) is 19.8 Å². The average Bonchev–Trinajstić information content (AvgIpc) is 2.81. The van der Waals surface area contributed by atoms with Gasteiger partial charge in [-0.2, -0.15) is 0 Å². The van der Waals surface area contributed by atoms with E-state index >= 15 is 0 Å². The second kappa shape index (κ2) is 5.00. The van der Waals surface area contributed by atoms with Gasteiger partial charge in [0.1, 0.15) is 0 Å². The van der Waals surface area contributed by atoms with Gasteiger partial charge >= 0.3 is 0 Å². The number of anilines is 2. The van der Waals surface area contributed by atoms with Gasteiger partial charge < -0.3 is 10.6 Å². The van der Waals surface area contributed by atoms with Crippen molar-refractivity contribution in [3.05, 3.63) is 59.2 Å². The van der Waals surface area contributed by atoms with Crippen LogP contribution in [0.1, 0.15) is 22.6 Å². The maximum Gasteiger partial charge on any atom is 0.233 e. The second-order valence-corrected chi connectivity index (χ2v) is 5.39. The largest absolute Gasteiger partial charge is 0.384 e. The Bertz CT molecular complexity index is 644. The minimum atomic E-state index is -0.119. The van der Waals surface area contributed by atoms with Crippen LogP contribution in [0.25, 0.3) is 0 Å². The first-order valence-corrected chi connectivity index (χ1v) is 6.85. The fraction of sp³-hybridized carbons (Fsp3) is 0.235. The Morgan fingerprint density at radius 2 is 1.85 bits per heavy atom. The zero-order chi connectivity index (χ0) is 14.1. The van der Waals surface area contributed by atoms with Crippen molar-refractivity contribution in [3.63, 3.8) is 0 Å². The van der Waals surface area contributed by atoms with Gasteiger partial charge in [-0.05, 0) is 48.7 Å². The third-order valence-corrected chi connectivity index (χ3v) is 3.64. The molecule has 3 rings (SSSR count). The van der Waals surface area contributed by atoms with Crippen LogP contribution in [0, 0.1) is 13.8 Å². The summed E-state index contributed by atoms with van der Waals surface area (Å²) in [5.74, 6) is -0.0699. The van der Waals surface area contributed by atoms with Crippen LogP contribution in [0.3, 0.4) is 0 Å². The SMILES string of the molecule is Cc1cc(C)cc(NC(=O)C2CNc3ccccc32)c1. The molecule has 1 unspecified atom stereocenters. The molecule has 1 atom stereocenters. The highest BCUT2D eigenvalue weighted by Crippen LogP contribution is 2.31. The minimum absolute atomic E-state index is 0.0486. The summed E-state index contributed by atoms with van der Waals surface area (Å²) < 4.78 is 0. The van der Waals surface area contributed by atoms with Gasteiger partial charge in [0.25, 0.3) is 0 Å². The third kappa shape index (κ3) is 2.39. The van der Waals surface area contributed by atoms with Crippen molar-refractivity contribution in [1.82, 2.24) is 0 Å². The fourth-order valence-electron chi connectivity index (χ4n) is 2.79. The summed E-state index contributed by atoms with van der Waals surface area (Å²) in [6, 6.07) is 14.1. The van der Waals surface area contributed by atoms with E-state index < -0.39 is 0 Å². The summed E-state index contributed by atoms with van der Waals surface area (Å²) in [6.07, 6.45) is 0. The smallest absolute Gasteiger partial charge is 0.233 e. The van der Waals surface area contributed by atoms with Crippen molar-refractivity contribution in [2.24, 2.45) is 0 Å². The number of para-hydroxylation sites is 1. The van der Waals surface area contributed by atoms with Gasteiger partial charge in [-0.3, -0.25) is 4.79 Å². The van der Waals surface area contributed by atoms with Gasteiger partial charge in [0.15, 0.2) is 0 Å². The number of carbonyl (C=O) groups is 1. The molecular formula is C17H18N2O. The summed E-state index contributed by atoms with van der Waals surface area (Å²) in [5.41, 5.74) is 5.33. The van der Waals surface area contributed by atoms with Crippen LogP contribution in [0.4, 0.5) is 11.4 Å². The molecule has 2 N–H and O–H groups in total. The first-order chi connectivity index (χ1) is 9.63. The summed E-state index contributed by atoms with van der Waals surface area (Å²) in [5, 5.41) is 6.31. The van der Waals surface area contributed by atoms with Gasteiger partial charge in [-0.25, -0.2) is 0 Å². The van der Waals surface area contributed by atoms with Crippen molar-refractivity contribution in [3.8, 4) is 0 Å². The Balaban J connectivity index is 1.81. The monoisotopic (exact) mass is 266 g/mol. The topological polar surface area (TPSA) is 41.1 Å². The lowest BCUT2D eigenvalue weighted by molar-refractivity contribution is -0.117. The highest BCUT2D eigenvalue weighted by molar-refractivity contribution is 5.98. The number of hydrogen-bond acceptors (Lipinski definition) is 2. The van der Waals surface area contributed by atoms with Crippen molar-refractivity contribution in [2.75, 3.05) is 17.2 Å². The molecule has 0 radical (unpaired) electrons. The van der Waals surface area contributed by atoms with Crippen molar-refractivity contribution >= 4 is 17.3 Å². The molecule has 1 heterocycles. The predicted octanol–water partition coefficient (Wildman–Crippen LogP) is 3.45. The molecule has 1 aliphatic heterocycles. The molecular weight excluding hydrogens is 248 g/mol. The summed E-state index contributed by atoms with van der Waals surface area (Å²) in [4.78, 5) is 12.4. The number of carbonyl (C=O) groups excluding carboxylic acids is 1. The average molecular weight is 266 g/mol. The van der Waals surface area contributed by atoms with Gasteiger partial charge in [0.2, 0.25) is 5.91 Å². The maximum absolute atomic E-state index is 12.4. The van der Waals surface area contributed by atoms with E-state index in [1.54, 1.807) is 0 Å². The molecule has 1 amide bonds. The van der Waals surface area contributed by atoms with Crippen molar-refractivity contribution in [1.29, 1.82) is 0 Å². The Morgan fingerprint density at radius 1 is 1.15 bits per heavy atom. The Hall–Kier alpha value is -2.29. The quantitative estimate of drug-likeness (QED) is 0.874. The number of fused-ring (bicyclic) bond motifs is 1. The predicted molar refractivity (Wildman–Crippen MR) is 82.2 cm³/mol. The van der Waals surface area contributed by atoms with Crippen LogP contribution in [-0.2, 0) is 4.79 Å². The molecule has 0 bridgehead atoms. The van der Waals surface area contributed by atoms with E-state index in [-0.39, 0.29) is 11.8 Å². The lowest BCUT2D eigenvalue weighted by Crippen LogP contribution is -2.22. The maximum atomic E-state index is 12.4. The van der Waals surface area contributed by atoms with Crippen molar-refractivity contribution < 1.29 is 4.79 Å². The van der Waals surface area contributed by atoms with Gasteiger partial charge in [0, 0.05) is 17.9 Å². The highest BCUT2D eigenvalue weighted by Gasteiger charge is 2.28. The van der Waals surface area contributed by atoms with Gasteiger partial charge in [0.05, 0.1) is 5.92 Å². The van der Waals surface area contributed by atoms with E-state index in [0.717, 1.165) is 28.1 Å². The van der Waals surface area contributed by atoms with Gasteiger partial charge in [-0.1, -0.05) is 24.3 Å². The fourth-order valence-corrected chi connectivity index (χ4v) is 2.79. The number of nitrogens with one attached hydrogen (secondary N) is 2. The second-order valence-electron chi connectivity index (χ2n) is 5.39. The number of rotatable bonds is 2. The molecule has 1 aliphatic rings. The number of amides is 1.